The lowest BCUT2D eigenvalue weighted by Crippen LogP contribution is -2.38. The van der Waals surface area contributed by atoms with Crippen molar-refractivity contribution in [1.82, 2.24) is 20.2 Å². The maximum Gasteiger partial charge on any atom is 0.345 e. The first-order chi connectivity index (χ1) is 17.8. The molecule has 0 aromatic carbocycles. The lowest BCUT2D eigenvalue weighted by molar-refractivity contribution is -0.122. The highest BCUT2D eigenvalue weighted by molar-refractivity contribution is 5.93. The molecule has 3 aliphatic rings. The number of anilines is 1. The van der Waals surface area contributed by atoms with Gasteiger partial charge in [0.15, 0.2) is 5.75 Å². The molecule has 0 aliphatic carbocycles. The van der Waals surface area contributed by atoms with Gasteiger partial charge >= 0.3 is 6.03 Å². The van der Waals surface area contributed by atoms with Crippen LogP contribution < -0.4 is 26.4 Å². The summed E-state index contributed by atoms with van der Waals surface area (Å²) in [6, 6.07) is 0.00255. The van der Waals surface area contributed by atoms with Gasteiger partial charge in [-0.05, 0) is 50.9 Å². The molecule has 0 radical (unpaired) electrons. The number of hydrogen-bond acceptors (Lipinski definition) is 7. The molecule has 0 bridgehead atoms. The predicted molar refractivity (Wildman–Crippen MR) is 145 cm³/mol. The van der Waals surface area contributed by atoms with Gasteiger partial charge in [-0.3, -0.25) is 4.79 Å². The molecule has 1 aromatic heterocycles. The molecule has 3 fully saturated rings. The molecule has 11 heteroatoms. The average Bonchev–Trinajstić information content (AvgIpc) is 3.34. The lowest BCUT2D eigenvalue weighted by atomic mass is 9.92. The van der Waals surface area contributed by atoms with Crippen molar-refractivity contribution in [2.24, 2.45) is 28.3 Å². The van der Waals surface area contributed by atoms with Gasteiger partial charge in [-0.1, -0.05) is 13.8 Å². The van der Waals surface area contributed by atoms with E-state index >= 15 is 0 Å². The van der Waals surface area contributed by atoms with Crippen LogP contribution in [0.15, 0.2) is 17.4 Å². The normalized spacial score (nSPS) is 20.9. The van der Waals surface area contributed by atoms with Crippen molar-refractivity contribution in [3.63, 3.8) is 0 Å². The molecule has 1 atom stereocenters. The third-order valence-corrected chi connectivity index (χ3v) is 7.00. The number of nitrogens with one attached hydrogen (secondary N) is 1. The van der Waals surface area contributed by atoms with Gasteiger partial charge in [0, 0.05) is 51.1 Å². The van der Waals surface area contributed by atoms with Crippen LogP contribution in [-0.4, -0.2) is 78.0 Å². The Labute approximate surface area is 220 Å². The Morgan fingerprint density at radius 1 is 1.19 bits per heavy atom. The highest BCUT2D eigenvalue weighted by Crippen LogP contribution is 2.23. The molecule has 4 rings (SSSR count). The van der Waals surface area contributed by atoms with E-state index in [2.05, 4.69) is 25.2 Å². The molecule has 1 unspecified atom stereocenters. The van der Waals surface area contributed by atoms with Crippen molar-refractivity contribution >= 4 is 23.7 Å². The molecule has 4 heterocycles. The number of ether oxygens (including phenoxy) is 1. The topological polar surface area (TPSA) is 152 Å². The number of piperidine rings is 2. The number of carbonyl (C=O) groups is 2. The van der Waals surface area contributed by atoms with Gasteiger partial charge < -0.3 is 31.3 Å². The number of aromatic nitrogens is 2. The standard InChI is InChI=1S/C21H35N7O2.C5H9NO/c1-15(2)19(23)26-21(29)27-8-5-16(6-9-27)4-3-11-30-18-12-24-20(25-13-18)28-10-7-17(22)14-28;7-5-3-1-2-4-6-5/h12-13,15-17H,3-11,14,22H2,1-2H3,(H2,23,26,29);1-4H2,(H,6,7). The average molecular weight is 517 g/mol. The highest BCUT2D eigenvalue weighted by atomic mass is 16.5. The molecule has 5 N–H and O–H groups in total. The number of carbonyl (C=O) groups excluding carboxylic acids is 2. The van der Waals surface area contributed by atoms with Gasteiger partial charge in [0.05, 0.1) is 19.0 Å². The van der Waals surface area contributed by atoms with Crippen LogP contribution in [0.3, 0.4) is 0 Å². The summed E-state index contributed by atoms with van der Waals surface area (Å²) in [5.41, 5.74) is 11.7. The minimum Gasteiger partial charge on any atom is -0.490 e. The van der Waals surface area contributed by atoms with Gasteiger partial charge in [-0.25, -0.2) is 14.8 Å². The molecule has 3 amide bonds. The summed E-state index contributed by atoms with van der Waals surface area (Å²) in [5.74, 6) is 2.74. The smallest absolute Gasteiger partial charge is 0.345 e. The van der Waals surface area contributed by atoms with E-state index < -0.39 is 0 Å². The number of hydrogen-bond donors (Lipinski definition) is 3. The SMILES string of the molecule is CC(C)/C(N)=N/C(=O)N1CCC(CCCOc2cnc(N3CCC(N)C3)nc2)CC1.O=C1CCCCN1. The Morgan fingerprint density at radius 3 is 2.46 bits per heavy atom. The monoisotopic (exact) mass is 516 g/mol. The number of likely N-dealkylation sites (tertiary alicyclic amines) is 1. The Balaban J connectivity index is 0.000000468. The van der Waals surface area contributed by atoms with E-state index in [0.29, 0.717) is 24.1 Å². The van der Waals surface area contributed by atoms with Crippen molar-refractivity contribution in [2.45, 2.75) is 71.3 Å². The molecule has 206 valence electrons. The van der Waals surface area contributed by atoms with Crippen LogP contribution in [-0.2, 0) is 4.79 Å². The van der Waals surface area contributed by atoms with E-state index in [9.17, 15) is 9.59 Å². The third kappa shape index (κ3) is 9.79. The summed E-state index contributed by atoms with van der Waals surface area (Å²) in [4.78, 5) is 39.2. The van der Waals surface area contributed by atoms with Crippen molar-refractivity contribution in [1.29, 1.82) is 0 Å². The van der Waals surface area contributed by atoms with Crippen molar-refractivity contribution in [3.8, 4) is 5.75 Å². The minimum absolute atomic E-state index is 0.0895. The zero-order valence-corrected chi connectivity index (χ0v) is 22.4. The fraction of sp³-hybridized carbons (Fsp3) is 0.731. The first kappa shape index (κ1) is 28.6. The third-order valence-electron chi connectivity index (χ3n) is 7.00. The van der Waals surface area contributed by atoms with Crippen molar-refractivity contribution in [3.05, 3.63) is 12.4 Å². The van der Waals surface area contributed by atoms with Gasteiger partial charge in [0.25, 0.3) is 0 Å². The number of urea groups is 1. The number of amidine groups is 1. The molecule has 0 saturated carbocycles. The number of nitrogens with two attached hydrogens (primary N) is 2. The van der Waals surface area contributed by atoms with Crippen LogP contribution in [0, 0.1) is 11.8 Å². The van der Waals surface area contributed by atoms with Crippen LogP contribution in [0.2, 0.25) is 0 Å². The second kappa shape index (κ2) is 14.7. The fourth-order valence-electron chi connectivity index (χ4n) is 4.53. The van der Waals surface area contributed by atoms with Crippen LogP contribution >= 0.6 is 0 Å². The maximum absolute atomic E-state index is 12.2. The largest absolute Gasteiger partial charge is 0.490 e. The predicted octanol–water partition coefficient (Wildman–Crippen LogP) is 2.30. The molecule has 3 aliphatic heterocycles. The molecule has 11 nitrogen and oxygen atoms in total. The highest BCUT2D eigenvalue weighted by Gasteiger charge is 2.23. The van der Waals surface area contributed by atoms with Crippen LogP contribution in [0.1, 0.15) is 65.2 Å². The molecule has 0 spiro atoms. The van der Waals surface area contributed by atoms with Crippen LogP contribution in [0.25, 0.3) is 0 Å². The van der Waals surface area contributed by atoms with Gasteiger partial charge in [0.1, 0.15) is 5.84 Å². The zero-order valence-electron chi connectivity index (χ0n) is 22.4. The van der Waals surface area contributed by atoms with Gasteiger partial charge in [0.2, 0.25) is 11.9 Å². The minimum atomic E-state index is -0.206. The molecule has 1 aromatic rings. The summed E-state index contributed by atoms with van der Waals surface area (Å²) in [5, 5.41) is 2.74. The summed E-state index contributed by atoms with van der Waals surface area (Å²) < 4.78 is 5.80. The summed E-state index contributed by atoms with van der Waals surface area (Å²) in [6.45, 7) is 8.60. The Morgan fingerprint density at radius 2 is 1.92 bits per heavy atom. The summed E-state index contributed by atoms with van der Waals surface area (Å²) in [7, 11) is 0. The molecular weight excluding hydrogens is 472 g/mol. The quantitative estimate of drug-likeness (QED) is 0.284. The van der Waals surface area contributed by atoms with Crippen LogP contribution in [0.4, 0.5) is 10.7 Å². The van der Waals surface area contributed by atoms with Crippen molar-refractivity contribution < 1.29 is 14.3 Å². The molecule has 37 heavy (non-hydrogen) atoms. The summed E-state index contributed by atoms with van der Waals surface area (Å²) >= 11 is 0. The number of aliphatic imine (C=N–C) groups is 1. The van der Waals surface area contributed by atoms with E-state index in [1.807, 2.05) is 13.8 Å². The Bertz CT molecular complexity index is 876. The first-order valence-electron chi connectivity index (χ1n) is 13.7. The number of amides is 3. The maximum atomic E-state index is 12.2. The Hall–Kier alpha value is -2.95. The zero-order chi connectivity index (χ0) is 26.6. The molecule has 3 saturated heterocycles. The lowest BCUT2D eigenvalue weighted by Gasteiger charge is -2.30. The van der Waals surface area contributed by atoms with Crippen LogP contribution in [0.5, 0.6) is 5.75 Å². The second-order valence-corrected chi connectivity index (χ2v) is 10.4. The second-order valence-electron chi connectivity index (χ2n) is 10.4. The first-order valence-corrected chi connectivity index (χ1v) is 13.7. The molecular formula is C26H44N8O3. The van der Waals surface area contributed by atoms with Gasteiger partial charge in [-0.15, -0.1) is 0 Å². The number of rotatable bonds is 7. The van der Waals surface area contributed by atoms with E-state index in [4.69, 9.17) is 16.2 Å². The van der Waals surface area contributed by atoms with Crippen molar-refractivity contribution in [2.75, 3.05) is 44.2 Å². The van der Waals surface area contributed by atoms with E-state index in [1.165, 1.54) is 0 Å². The van der Waals surface area contributed by atoms with E-state index in [-0.39, 0.29) is 23.9 Å². The Kier molecular flexibility index (Phi) is 11.4. The van der Waals surface area contributed by atoms with E-state index in [0.717, 1.165) is 90.0 Å². The summed E-state index contributed by atoms with van der Waals surface area (Å²) in [6.07, 6.45) is 11.5. The number of nitrogens with zero attached hydrogens (tertiary/aromatic N) is 5. The van der Waals surface area contributed by atoms with Gasteiger partial charge in [-0.2, -0.15) is 4.99 Å². The van der Waals surface area contributed by atoms with E-state index in [1.54, 1.807) is 17.3 Å². The fourth-order valence-corrected chi connectivity index (χ4v) is 4.53.